The normalized spacial score (nSPS) is 15.1. The van der Waals surface area contributed by atoms with Crippen molar-refractivity contribution < 1.29 is 9.53 Å². The largest absolute Gasteiger partial charge is 0.379 e. The zero-order valence-corrected chi connectivity index (χ0v) is 15.5. The molecule has 1 N–H and O–H groups in total. The van der Waals surface area contributed by atoms with E-state index in [9.17, 15) is 4.79 Å². The summed E-state index contributed by atoms with van der Waals surface area (Å²) >= 11 is 0. The second-order valence-corrected chi connectivity index (χ2v) is 6.85. The van der Waals surface area contributed by atoms with Crippen LogP contribution in [0.4, 0.5) is 5.95 Å². The molecule has 2 heterocycles. The van der Waals surface area contributed by atoms with Crippen molar-refractivity contribution >= 4 is 22.9 Å². The molecule has 0 aliphatic carbocycles. The zero-order chi connectivity index (χ0) is 18.6. The lowest BCUT2D eigenvalue weighted by molar-refractivity contribution is 0.0366. The molecule has 0 bridgehead atoms. The average Bonchev–Trinajstić information content (AvgIpc) is 3.04. The first kappa shape index (κ1) is 17.7. The highest BCUT2D eigenvalue weighted by Gasteiger charge is 2.16. The second-order valence-electron chi connectivity index (χ2n) is 6.85. The van der Waals surface area contributed by atoms with Crippen LogP contribution in [0.3, 0.4) is 0 Å². The molecule has 4 rings (SSSR count). The highest BCUT2D eigenvalue weighted by atomic mass is 16.5. The van der Waals surface area contributed by atoms with Gasteiger partial charge in [-0.15, -0.1) is 0 Å². The van der Waals surface area contributed by atoms with E-state index in [-0.39, 0.29) is 5.91 Å². The number of benzene rings is 2. The van der Waals surface area contributed by atoms with E-state index in [0.717, 1.165) is 56.0 Å². The Hall–Kier alpha value is -2.70. The molecule has 6 heteroatoms. The van der Waals surface area contributed by atoms with Gasteiger partial charge in [0.25, 0.3) is 5.91 Å². The predicted octanol–water partition coefficient (Wildman–Crippen LogP) is 2.93. The van der Waals surface area contributed by atoms with Crippen molar-refractivity contribution in [3.8, 4) is 0 Å². The molecule has 2 aromatic carbocycles. The SMILES string of the molecule is Cc1ccc(C(=O)Nc2nc3ccccc3n2CCN2CCOCC2)cc1. The number of imidazole rings is 1. The second kappa shape index (κ2) is 7.90. The van der Waals surface area contributed by atoms with Gasteiger partial charge in [0.2, 0.25) is 5.95 Å². The number of carbonyl (C=O) groups is 1. The van der Waals surface area contributed by atoms with Gasteiger partial charge in [0.1, 0.15) is 0 Å². The van der Waals surface area contributed by atoms with Crippen LogP contribution in [0, 0.1) is 6.92 Å². The Kier molecular flexibility index (Phi) is 5.18. The fraction of sp³-hybridized carbons (Fsp3) is 0.333. The number of para-hydroxylation sites is 2. The van der Waals surface area contributed by atoms with Gasteiger partial charge in [0.15, 0.2) is 0 Å². The molecule has 3 aromatic rings. The Labute approximate surface area is 158 Å². The molecule has 1 aromatic heterocycles. The van der Waals surface area contributed by atoms with Gasteiger partial charge >= 0.3 is 0 Å². The fourth-order valence-electron chi connectivity index (χ4n) is 3.34. The van der Waals surface area contributed by atoms with E-state index in [1.807, 2.05) is 55.5 Å². The number of hydrogen-bond donors (Lipinski definition) is 1. The third-order valence-electron chi connectivity index (χ3n) is 4.94. The Balaban J connectivity index is 1.57. The lowest BCUT2D eigenvalue weighted by Crippen LogP contribution is -2.38. The Morgan fingerprint density at radius 3 is 2.59 bits per heavy atom. The highest BCUT2D eigenvalue weighted by Crippen LogP contribution is 2.20. The number of amides is 1. The van der Waals surface area contributed by atoms with Gasteiger partial charge in [-0.2, -0.15) is 0 Å². The summed E-state index contributed by atoms with van der Waals surface area (Å²) in [7, 11) is 0. The van der Waals surface area contributed by atoms with Gasteiger partial charge in [-0.3, -0.25) is 15.0 Å². The number of ether oxygens (including phenoxy) is 1. The third kappa shape index (κ3) is 4.02. The minimum atomic E-state index is -0.141. The van der Waals surface area contributed by atoms with Crippen LogP contribution in [0.25, 0.3) is 11.0 Å². The number of aryl methyl sites for hydroxylation is 1. The molecule has 0 radical (unpaired) electrons. The molecule has 1 aliphatic rings. The topological polar surface area (TPSA) is 59.4 Å². The van der Waals surface area contributed by atoms with Gasteiger partial charge < -0.3 is 9.30 Å². The molecule has 0 atom stereocenters. The smallest absolute Gasteiger partial charge is 0.257 e. The van der Waals surface area contributed by atoms with Crippen molar-refractivity contribution in [1.29, 1.82) is 0 Å². The van der Waals surface area contributed by atoms with Gasteiger partial charge in [-0.1, -0.05) is 29.8 Å². The number of nitrogens with zero attached hydrogens (tertiary/aromatic N) is 3. The van der Waals surface area contributed by atoms with Crippen LogP contribution >= 0.6 is 0 Å². The van der Waals surface area contributed by atoms with E-state index < -0.39 is 0 Å². The summed E-state index contributed by atoms with van der Waals surface area (Å²) in [5.74, 6) is 0.452. The summed E-state index contributed by atoms with van der Waals surface area (Å²) < 4.78 is 7.52. The van der Waals surface area contributed by atoms with Crippen molar-refractivity contribution in [3.63, 3.8) is 0 Å². The maximum atomic E-state index is 12.7. The van der Waals surface area contributed by atoms with Crippen LogP contribution in [-0.4, -0.2) is 53.2 Å². The molecule has 1 saturated heterocycles. The number of fused-ring (bicyclic) bond motifs is 1. The van der Waals surface area contributed by atoms with Gasteiger partial charge in [0, 0.05) is 31.7 Å². The highest BCUT2D eigenvalue weighted by molar-refractivity contribution is 6.04. The zero-order valence-electron chi connectivity index (χ0n) is 15.5. The molecule has 6 nitrogen and oxygen atoms in total. The quantitative estimate of drug-likeness (QED) is 0.756. The van der Waals surface area contributed by atoms with E-state index >= 15 is 0 Å². The number of anilines is 1. The molecule has 1 fully saturated rings. The van der Waals surface area contributed by atoms with Crippen LogP contribution in [0.5, 0.6) is 0 Å². The summed E-state index contributed by atoms with van der Waals surface area (Å²) in [6.07, 6.45) is 0. The van der Waals surface area contributed by atoms with E-state index in [4.69, 9.17) is 4.74 Å². The van der Waals surface area contributed by atoms with Crippen molar-refractivity contribution in [2.24, 2.45) is 0 Å². The first-order valence-electron chi connectivity index (χ1n) is 9.34. The number of nitrogens with one attached hydrogen (secondary N) is 1. The first-order valence-corrected chi connectivity index (χ1v) is 9.34. The summed E-state index contributed by atoms with van der Waals surface area (Å²) in [5, 5.41) is 2.99. The molecule has 27 heavy (non-hydrogen) atoms. The van der Waals surface area contributed by atoms with Crippen LogP contribution in [-0.2, 0) is 11.3 Å². The average molecular weight is 364 g/mol. The number of carbonyl (C=O) groups excluding carboxylic acids is 1. The maximum Gasteiger partial charge on any atom is 0.257 e. The monoisotopic (exact) mass is 364 g/mol. The van der Waals surface area contributed by atoms with Crippen LogP contribution in [0.2, 0.25) is 0 Å². The third-order valence-corrected chi connectivity index (χ3v) is 4.94. The Morgan fingerprint density at radius 2 is 1.81 bits per heavy atom. The van der Waals surface area contributed by atoms with Crippen molar-refractivity contribution in [3.05, 3.63) is 59.7 Å². The van der Waals surface area contributed by atoms with Crippen LogP contribution < -0.4 is 5.32 Å². The summed E-state index contributed by atoms with van der Waals surface area (Å²) in [6.45, 7) is 7.12. The van der Waals surface area contributed by atoms with Gasteiger partial charge in [-0.25, -0.2) is 4.98 Å². The molecule has 1 amide bonds. The van der Waals surface area contributed by atoms with Crippen LogP contribution in [0.15, 0.2) is 48.5 Å². The Bertz CT molecular complexity index is 927. The predicted molar refractivity (Wildman–Crippen MR) is 106 cm³/mol. The molecule has 0 unspecified atom stereocenters. The summed E-state index contributed by atoms with van der Waals surface area (Å²) in [4.78, 5) is 19.7. The van der Waals surface area contributed by atoms with Gasteiger partial charge in [-0.05, 0) is 31.2 Å². The maximum absolute atomic E-state index is 12.7. The minimum absolute atomic E-state index is 0.141. The lowest BCUT2D eigenvalue weighted by Gasteiger charge is -2.26. The molecular weight excluding hydrogens is 340 g/mol. The summed E-state index contributed by atoms with van der Waals surface area (Å²) in [5.41, 5.74) is 3.68. The summed E-state index contributed by atoms with van der Waals surface area (Å²) in [6, 6.07) is 15.5. The van der Waals surface area contributed by atoms with E-state index in [1.165, 1.54) is 0 Å². The molecule has 0 spiro atoms. The molecule has 1 aliphatic heterocycles. The molecular formula is C21H24N4O2. The Morgan fingerprint density at radius 1 is 1.07 bits per heavy atom. The number of rotatable bonds is 5. The van der Waals surface area contributed by atoms with Gasteiger partial charge in [0.05, 0.1) is 24.2 Å². The number of hydrogen-bond acceptors (Lipinski definition) is 4. The number of aromatic nitrogens is 2. The van der Waals surface area contributed by atoms with E-state index in [2.05, 4.69) is 19.8 Å². The first-order chi connectivity index (χ1) is 13.2. The van der Waals surface area contributed by atoms with E-state index in [1.54, 1.807) is 0 Å². The lowest BCUT2D eigenvalue weighted by atomic mass is 10.1. The van der Waals surface area contributed by atoms with Crippen molar-refractivity contribution in [1.82, 2.24) is 14.5 Å². The minimum Gasteiger partial charge on any atom is -0.379 e. The molecule has 0 saturated carbocycles. The van der Waals surface area contributed by atoms with Crippen molar-refractivity contribution in [2.45, 2.75) is 13.5 Å². The van der Waals surface area contributed by atoms with E-state index in [0.29, 0.717) is 11.5 Å². The fourth-order valence-corrected chi connectivity index (χ4v) is 3.34. The number of morpholine rings is 1. The van der Waals surface area contributed by atoms with Crippen LogP contribution in [0.1, 0.15) is 15.9 Å². The van der Waals surface area contributed by atoms with Crippen molar-refractivity contribution in [2.75, 3.05) is 38.2 Å². The molecule has 140 valence electrons. The standard InChI is InChI=1S/C21H24N4O2/c1-16-6-8-17(9-7-16)20(26)23-21-22-18-4-2-3-5-19(18)25(21)11-10-24-12-14-27-15-13-24/h2-9H,10-15H2,1H3,(H,22,23,26).